The largest absolute Gasteiger partial charge is 0.398 e. The minimum absolute atomic E-state index is 0.256. The van der Waals surface area contributed by atoms with E-state index < -0.39 is 13.0 Å². The van der Waals surface area contributed by atoms with E-state index >= 15 is 0 Å². The monoisotopic (exact) mass is 239 g/mol. The first-order valence-corrected chi connectivity index (χ1v) is 4.99. The maximum atomic E-state index is 12.3. The molecule has 0 amide bonds. The number of para-hydroxylation sites is 1. The third-order valence-electron chi connectivity index (χ3n) is 2.41. The second kappa shape index (κ2) is 4.44. The average Bonchev–Trinajstić information content (AvgIpc) is 2.69. The summed E-state index contributed by atoms with van der Waals surface area (Å²) in [4.78, 5) is 0. The number of alkyl halides is 2. The number of nitrogens with two attached hydrogens (primary N) is 1. The number of benzene rings is 1. The molecular weight excluding hydrogens is 228 g/mol. The molecule has 1 heterocycles. The molecule has 0 aliphatic carbocycles. The van der Waals surface area contributed by atoms with Gasteiger partial charge in [0, 0.05) is 11.3 Å². The number of aryl methyl sites for hydroxylation is 1. The molecule has 2 aromatic rings. The molecule has 0 aliphatic rings. The van der Waals surface area contributed by atoms with Crippen LogP contribution >= 0.6 is 0 Å². The van der Waals surface area contributed by atoms with Crippen LogP contribution < -0.4 is 5.73 Å². The van der Waals surface area contributed by atoms with Crippen molar-refractivity contribution in [3.63, 3.8) is 0 Å². The smallest absolute Gasteiger partial charge is 0.258 e. The van der Waals surface area contributed by atoms with Gasteiger partial charge in [-0.05, 0) is 29.0 Å². The van der Waals surface area contributed by atoms with Crippen molar-refractivity contribution in [3.05, 3.63) is 23.8 Å². The number of hydrogen-bond acceptors (Lipinski definition) is 4. The fourth-order valence-corrected chi connectivity index (χ4v) is 1.53. The lowest BCUT2D eigenvalue weighted by molar-refractivity contribution is 0.121. The quantitative estimate of drug-likeness (QED) is 0.824. The van der Waals surface area contributed by atoms with E-state index in [2.05, 4.69) is 15.5 Å². The molecule has 2 rings (SSSR count). The van der Waals surface area contributed by atoms with Crippen LogP contribution in [0.5, 0.6) is 0 Å². The summed E-state index contributed by atoms with van der Waals surface area (Å²) in [7, 11) is 0. The van der Waals surface area contributed by atoms with Crippen molar-refractivity contribution < 1.29 is 8.78 Å². The molecule has 17 heavy (non-hydrogen) atoms. The van der Waals surface area contributed by atoms with Crippen molar-refractivity contribution in [2.24, 2.45) is 0 Å². The van der Waals surface area contributed by atoms with Crippen molar-refractivity contribution >= 4 is 5.69 Å². The Bertz CT molecular complexity index is 523. The Labute approximate surface area is 96.2 Å². The van der Waals surface area contributed by atoms with Crippen molar-refractivity contribution in [2.45, 2.75) is 19.9 Å². The van der Waals surface area contributed by atoms with Crippen LogP contribution in [-0.2, 0) is 6.54 Å². The standard InChI is InChI=1S/C10H11F2N5/c1-6-3-2-4-7(9(6)13)10-14-15-16-17(10)5-8(11)12/h2-4,8H,5,13H2,1H3. The molecule has 7 heteroatoms. The zero-order valence-electron chi connectivity index (χ0n) is 9.14. The Kier molecular flexibility index (Phi) is 2.99. The molecule has 5 nitrogen and oxygen atoms in total. The molecule has 0 unspecified atom stereocenters. The summed E-state index contributed by atoms with van der Waals surface area (Å²) in [5.74, 6) is 0.256. The van der Waals surface area contributed by atoms with E-state index in [1.807, 2.05) is 13.0 Å². The van der Waals surface area contributed by atoms with Gasteiger partial charge in [-0.15, -0.1) is 5.10 Å². The van der Waals surface area contributed by atoms with Gasteiger partial charge in [0.15, 0.2) is 5.82 Å². The van der Waals surface area contributed by atoms with Gasteiger partial charge < -0.3 is 5.73 Å². The third-order valence-corrected chi connectivity index (χ3v) is 2.41. The van der Waals surface area contributed by atoms with Gasteiger partial charge >= 0.3 is 0 Å². The number of halogens is 2. The summed E-state index contributed by atoms with van der Waals surface area (Å²) in [6, 6.07) is 5.32. The van der Waals surface area contributed by atoms with Crippen molar-refractivity contribution in [1.29, 1.82) is 0 Å². The van der Waals surface area contributed by atoms with Crippen molar-refractivity contribution in [1.82, 2.24) is 20.2 Å². The first-order chi connectivity index (χ1) is 8.09. The number of anilines is 1. The van der Waals surface area contributed by atoms with E-state index in [0.29, 0.717) is 11.3 Å². The van der Waals surface area contributed by atoms with Crippen LogP contribution in [-0.4, -0.2) is 26.6 Å². The fourth-order valence-electron chi connectivity index (χ4n) is 1.53. The summed E-state index contributed by atoms with van der Waals surface area (Å²) in [6.07, 6.45) is -2.51. The molecule has 0 saturated heterocycles. The Balaban J connectivity index is 2.46. The number of nitrogens with zero attached hydrogens (tertiary/aromatic N) is 4. The number of hydrogen-bond donors (Lipinski definition) is 1. The lowest BCUT2D eigenvalue weighted by Crippen LogP contribution is -2.10. The highest BCUT2D eigenvalue weighted by Crippen LogP contribution is 2.26. The summed E-state index contributed by atoms with van der Waals surface area (Å²) in [5, 5.41) is 10.6. The Morgan fingerprint density at radius 1 is 1.41 bits per heavy atom. The summed E-state index contributed by atoms with van der Waals surface area (Å²) in [6.45, 7) is 1.29. The molecule has 0 bridgehead atoms. The predicted molar refractivity (Wildman–Crippen MR) is 58.4 cm³/mol. The van der Waals surface area contributed by atoms with E-state index in [0.717, 1.165) is 10.2 Å². The van der Waals surface area contributed by atoms with Gasteiger partial charge in [-0.3, -0.25) is 0 Å². The predicted octanol–water partition coefficient (Wildman–Crippen LogP) is 1.50. The van der Waals surface area contributed by atoms with Gasteiger partial charge in [-0.2, -0.15) is 0 Å². The fraction of sp³-hybridized carbons (Fsp3) is 0.300. The number of aromatic nitrogens is 4. The van der Waals surface area contributed by atoms with E-state index in [1.54, 1.807) is 12.1 Å². The number of rotatable bonds is 3. The number of tetrazole rings is 1. The molecule has 1 aromatic heterocycles. The minimum Gasteiger partial charge on any atom is -0.398 e. The van der Waals surface area contributed by atoms with Crippen LogP contribution in [0, 0.1) is 6.92 Å². The van der Waals surface area contributed by atoms with Gasteiger partial charge in [0.1, 0.15) is 6.54 Å². The minimum atomic E-state index is -2.51. The van der Waals surface area contributed by atoms with Gasteiger partial charge in [-0.25, -0.2) is 13.5 Å². The average molecular weight is 239 g/mol. The van der Waals surface area contributed by atoms with Crippen LogP contribution in [0.1, 0.15) is 5.56 Å². The van der Waals surface area contributed by atoms with Gasteiger partial charge in [0.25, 0.3) is 6.43 Å². The Morgan fingerprint density at radius 3 is 2.88 bits per heavy atom. The summed E-state index contributed by atoms with van der Waals surface area (Å²) in [5.41, 5.74) is 7.80. The topological polar surface area (TPSA) is 69.6 Å². The normalized spacial score (nSPS) is 11.1. The Hall–Kier alpha value is -2.05. The van der Waals surface area contributed by atoms with E-state index in [-0.39, 0.29) is 5.82 Å². The molecule has 0 aliphatic heterocycles. The molecule has 0 saturated carbocycles. The van der Waals surface area contributed by atoms with Gasteiger partial charge in [-0.1, -0.05) is 12.1 Å². The van der Waals surface area contributed by atoms with Gasteiger partial charge in [0.2, 0.25) is 0 Å². The summed E-state index contributed by atoms with van der Waals surface area (Å²) < 4.78 is 25.7. The molecule has 0 fully saturated rings. The van der Waals surface area contributed by atoms with Crippen LogP contribution in [0.2, 0.25) is 0 Å². The second-order valence-electron chi connectivity index (χ2n) is 3.61. The zero-order valence-corrected chi connectivity index (χ0v) is 9.14. The van der Waals surface area contributed by atoms with Crippen molar-refractivity contribution in [2.75, 3.05) is 5.73 Å². The second-order valence-corrected chi connectivity index (χ2v) is 3.61. The number of nitrogen functional groups attached to an aromatic ring is 1. The van der Waals surface area contributed by atoms with Crippen LogP contribution in [0.25, 0.3) is 11.4 Å². The molecule has 90 valence electrons. The van der Waals surface area contributed by atoms with E-state index in [4.69, 9.17) is 5.73 Å². The van der Waals surface area contributed by atoms with Crippen LogP contribution in [0.15, 0.2) is 18.2 Å². The summed E-state index contributed by atoms with van der Waals surface area (Å²) >= 11 is 0. The molecule has 0 spiro atoms. The zero-order chi connectivity index (χ0) is 12.4. The highest BCUT2D eigenvalue weighted by Gasteiger charge is 2.15. The highest BCUT2D eigenvalue weighted by atomic mass is 19.3. The molecule has 0 radical (unpaired) electrons. The highest BCUT2D eigenvalue weighted by molar-refractivity contribution is 5.73. The van der Waals surface area contributed by atoms with Crippen LogP contribution in [0.3, 0.4) is 0 Å². The SMILES string of the molecule is Cc1cccc(-c2nnnn2CC(F)F)c1N. The lowest BCUT2D eigenvalue weighted by atomic mass is 10.1. The first kappa shape index (κ1) is 11.4. The molecule has 1 aromatic carbocycles. The molecule has 0 atom stereocenters. The third kappa shape index (κ3) is 2.22. The molecule has 2 N–H and O–H groups in total. The first-order valence-electron chi connectivity index (χ1n) is 4.99. The molecular formula is C10H11F2N5. The van der Waals surface area contributed by atoms with Crippen LogP contribution in [0.4, 0.5) is 14.5 Å². The van der Waals surface area contributed by atoms with E-state index in [1.165, 1.54) is 0 Å². The maximum absolute atomic E-state index is 12.3. The Morgan fingerprint density at radius 2 is 2.18 bits per heavy atom. The van der Waals surface area contributed by atoms with Gasteiger partial charge in [0.05, 0.1) is 0 Å². The van der Waals surface area contributed by atoms with Crippen molar-refractivity contribution in [3.8, 4) is 11.4 Å². The lowest BCUT2D eigenvalue weighted by Gasteiger charge is -2.08. The van der Waals surface area contributed by atoms with E-state index in [9.17, 15) is 8.78 Å². The maximum Gasteiger partial charge on any atom is 0.258 e.